The third kappa shape index (κ3) is 1.52. The van der Waals surface area contributed by atoms with Crippen LogP contribution in [0, 0.1) is 0 Å². The molecule has 1 unspecified atom stereocenters. The Kier molecular flexibility index (Phi) is 2.29. The first-order valence-corrected chi connectivity index (χ1v) is 4.35. The second kappa shape index (κ2) is 3.61. The minimum atomic E-state index is -0.708. The average Bonchev–Trinajstić information content (AvgIpc) is 2.56. The molecule has 0 saturated carbocycles. The van der Waals surface area contributed by atoms with E-state index in [0.717, 1.165) is 0 Å². The first kappa shape index (κ1) is 9.51. The summed E-state index contributed by atoms with van der Waals surface area (Å²) in [5, 5.41) is 2.40. The molecule has 1 atom stereocenters. The fraction of sp³-hybridized carbons (Fsp3) is 0.200. The van der Waals surface area contributed by atoms with Gasteiger partial charge in [-0.3, -0.25) is 4.79 Å². The van der Waals surface area contributed by atoms with Crippen molar-refractivity contribution in [2.75, 3.05) is 7.11 Å². The van der Waals surface area contributed by atoms with Crippen LogP contribution in [0.2, 0.25) is 0 Å². The van der Waals surface area contributed by atoms with E-state index in [2.05, 4.69) is 5.32 Å². The highest BCUT2D eigenvalue weighted by molar-refractivity contribution is 5.94. The number of amides is 1. The summed E-state index contributed by atoms with van der Waals surface area (Å²) in [5.41, 5.74) is 1.07. The molecule has 2 rings (SSSR count). The number of hydrogen-bond donors (Lipinski definition) is 1. The summed E-state index contributed by atoms with van der Waals surface area (Å²) in [6.07, 6.45) is -0.216. The summed E-state index contributed by atoms with van der Waals surface area (Å²) in [7, 11) is 1.53. The van der Waals surface area contributed by atoms with Crippen LogP contribution >= 0.6 is 0 Å². The van der Waals surface area contributed by atoms with Gasteiger partial charge in [0, 0.05) is 5.56 Å². The van der Waals surface area contributed by atoms with Gasteiger partial charge in [-0.25, -0.2) is 4.79 Å². The second-order valence-electron chi connectivity index (χ2n) is 3.02. The maximum absolute atomic E-state index is 11.3. The van der Waals surface area contributed by atoms with Crippen molar-refractivity contribution in [3.05, 3.63) is 29.3 Å². The van der Waals surface area contributed by atoms with Crippen molar-refractivity contribution < 1.29 is 19.1 Å². The van der Waals surface area contributed by atoms with Crippen molar-refractivity contribution in [1.29, 1.82) is 0 Å². The fourth-order valence-electron chi connectivity index (χ4n) is 1.49. The minimum absolute atomic E-state index is 0.438. The molecule has 0 aromatic heterocycles. The van der Waals surface area contributed by atoms with Gasteiger partial charge in [0.25, 0.3) is 0 Å². The molecule has 78 valence electrons. The van der Waals surface area contributed by atoms with Crippen LogP contribution in [0.1, 0.15) is 22.1 Å². The number of benzene rings is 1. The standard InChI is InChI=1S/C10H9NO4/c1-14-6-2-3-7-8(4-6)9(11-5-12)15-10(7)13/h2-5,9H,1H3,(H,11,12). The summed E-state index contributed by atoms with van der Waals surface area (Å²) in [4.78, 5) is 21.6. The lowest BCUT2D eigenvalue weighted by atomic mass is 10.1. The quantitative estimate of drug-likeness (QED) is 0.582. The molecule has 1 aromatic rings. The molecule has 0 aliphatic carbocycles. The van der Waals surface area contributed by atoms with Gasteiger partial charge in [0.2, 0.25) is 12.6 Å². The number of methoxy groups -OCH3 is 1. The number of carbonyl (C=O) groups excluding carboxylic acids is 2. The van der Waals surface area contributed by atoms with Crippen molar-refractivity contribution in [3.8, 4) is 5.75 Å². The van der Waals surface area contributed by atoms with E-state index in [-0.39, 0.29) is 0 Å². The number of cyclic esters (lactones) is 1. The molecule has 5 nitrogen and oxygen atoms in total. The van der Waals surface area contributed by atoms with Crippen molar-refractivity contribution in [3.63, 3.8) is 0 Å². The van der Waals surface area contributed by atoms with Gasteiger partial charge >= 0.3 is 5.97 Å². The highest BCUT2D eigenvalue weighted by atomic mass is 16.6. The molecule has 1 aromatic carbocycles. The normalized spacial score (nSPS) is 17.9. The zero-order valence-electron chi connectivity index (χ0n) is 8.02. The average molecular weight is 207 g/mol. The Balaban J connectivity index is 2.42. The smallest absolute Gasteiger partial charge is 0.340 e. The number of carbonyl (C=O) groups is 2. The first-order chi connectivity index (χ1) is 7.26. The molecule has 0 radical (unpaired) electrons. The molecule has 0 bridgehead atoms. The zero-order chi connectivity index (χ0) is 10.8. The van der Waals surface area contributed by atoms with Crippen LogP contribution in [0.3, 0.4) is 0 Å². The van der Waals surface area contributed by atoms with Crippen LogP contribution in [0.5, 0.6) is 5.75 Å². The molecule has 1 aliphatic rings. The lowest BCUT2D eigenvalue weighted by molar-refractivity contribution is -0.112. The molecule has 15 heavy (non-hydrogen) atoms. The van der Waals surface area contributed by atoms with E-state index < -0.39 is 12.2 Å². The van der Waals surface area contributed by atoms with Crippen molar-refractivity contribution in [2.24, 2.45) is 0 Å². The van der Waals surface area contributed by atoms with Crippen LogP contribution in [0.4, 0.5) is 0 Å². The molecule has 1 amide bonds. The van der Waals surface area contributed by atoms with Gasteiger partial charge < -0.3 is 14.8 Å². The minimum Gasteiger partial charge on any atom is -0.497 e. The molecular formula is C10H9NO4. The molecule has 0 spiro atoms. The van der Waals surface area contributed by atoms with E-state index >= 15 is 0 Å². The maximum atomic E-state index is 11.3. The fourth-order valence-corrected chi connectivity index (χ4v) is 1.49. The third-order valence-corrected chi connectivity index (χ3v) is 2.21. The monoisotopic (exact) mass is 207 g/mol. The lowest BCUT2D eigenvalue weighted by Crippen LogP contribution is -2.19. The van der Waals surface area contributed by atoms with Crippen molar-refractivity contribution in [1.82, 2.24) is 5.32 Å². The van der Waals surface area contributed by atoms with Crippen LogP contribution in [-0.2, 0) is 9.53 Å². The summed E-state index contributed by atoms with van der Waals surface area (Å²) in [6.45, 7) is 0. The van der Waals surface area contributed by atoms with Crippen LogP contribution < -0.4 is 10.1 Å². The summed E-state index contributed by atoms with van der Waals surface area (Å²) in [5.74, 6) is 0.178. The van der Waals surface area contributed by atoms with Gasteiger partial charge in [0.1, 0.15) is 5.75 Å². The Hall–Kier alpha value is -2.04. The number of rotatable bonds is 3. The van der Waals surface area contributed by atoms with Gasteiger partial charge in [0.05, 0.1) is 12.7 Å². The molecule has 1 heterocycles. The Morgan fingerprint density at radius 3 is 3.00 bits per heavy atom. The molecular weight excluding hydrogens is 198 g/mol. The predicted molar refractivity (Wildman–Crippen MR) is 50.4 cm³/mol. The van der Waals surface area contributed by atoms with Gasteiger partial charge in [-0.05, 0) is 18.2 Å². The largest absolute Gasteiger partial charge is 0.497 e. The first-order valence-electron chi connectivity index (χ1n) is 4.35. The summed E-state index contributed by atoms with van der Waals surface area (Å²) in [6, 6.07) is 4.95. The zero-order valence-corrected chi connectivity index (χ0v) is 8.02. The van der Waals surface area contributed by atoms with Crippen LogP contribution in [0.15, 0.2) is 18.2 Å². The SMILES string of the molecule is COc1ccc2c(c1)C(NC=O)OC2=O. The van der Waals surface area contributed by atoms with Crippen molar-refractivity contribution >= 4 is 12.4 Å². The van der Waals surface area contributed by atoms with Gasteiger partial charge in [-0.15, -0.1) is 0 Å². The number of nitrogens with one attached hydrogen (secondary N) is 1. The van der Waals surface area contributed by atoms with E-state index in [1.165, 1.54) is 7.11 Å². The molecule has 0 saturated heterocycles. The Morgan fingerprint density at radius 2 is 2.33 bits per heavy atom. The molecule has 5 heteroatoms. The van der Waals surface area contributed by atoms with E-state index in [1.807, 2.05) is 0 Å². The Labute approximate surface area is 86.0 Å². The predicted octanol–water partition coefficient (Wildman–Crippen LogP) is 0.610. The number of ether oxygens (including phenoxy) is 2. The van der Waals surface area contributed by atoms with Gasteiger partial charge in [-0.1, -0.05) is 0 Å². The second-order valence-corrected chi connectivity index (χ2v) is 3.02. The summed E-state index contributed by atoms with van der Waals surface area (Å²) < 4.78 is 9.95. The third-order valence-electron chi connectivity index (χ3n) is 2.21. The van der Waals surface area contributed by atoms with Crippen LogP contribution in [-0.4, -0.2) is 19.5 Å². The van der Waals surface area contributed by atoms with E-state index in [4.69, 9.17) is 9.47 Å². The van der Waals surface area contributed by atoms with E-state index in [1.54, 1.807) is 18.2 Å². The molecule has 1 N–H and O–H groups in total. The van der Waals surface area contributed by atoms with Crippen molar-refractivity contribution in [2.45, 2.75) is 6.23 Å². The summed E-state index contributed by atoms with van der Waals surface area (Å²) >= 11 is 0. The number of esters is 1. The lowest BCUT2D eigenvalue weighted by Gasteiger charge is -2.08. The highest BCUT2D eigenvalue weighted by Crippen LogP contribution is 2.31. The number of fused-ring (bicyclic) bond motifs is 1. The van der Waals surface area contributed by atoms with Gasteiger partial charge in [-0.2, -0.15) is 0 Å². The molecule has 1 aliphatic heterocycles. The van der Waals surface area contributed by atoms with Crippen LogP contribution in [0.25, 0.3) is 0 Å². The number of hydrogen-bond acceptors (Lipinski definition) is 4. The van der Waals surface area contributed by atoms with E-state index in [0.29, 0.717) is 23.3 Å². The Morgan fingerprint density at radius 1 is 1.53 bits per heavy atom. The van der Waals surface area contributed by atoms with E-state index in [9.17, 15) is 9.59 Å². The van der Waals surface area contributed by atoms with Gasteiger partial charge in [0.15, 0.2) is 0 Å². The maximum Gasteiger partial charge on any atom is 0.340 e. The Bertz CT molecular complexity index is 416. The highest BCUT2D eigenvalue weighted by Gasteiger charge is 2.30. The topological polar surface area (TPSA) is 64.6 Å². The molecule has 0 fully saturated rings.